The Kier molecular flexibility index (Phi) is 6.54. The van der Waals surface area contributed by atoms with Crippen molar-refractivity contribution in [1.82, 2.24) is 9.55 Å². The number of nitrogens with one attached hydrogen (secondary N) is 1. The van der Waals surface area contributed by atoms with Crippen LogP contribution in [0.5, 0.6) is 0 Å². The SMILES string of the molecule is NS(=O)(=O)c1cccc(NC(=O)CSc2nc3sc4c(c3c(=O)n2C2CCCC2)CCCC4)c1. The number of fused-ring (bicyclic) bond motifs is 3. The van der Waals surface area contributed by atoms with Crippen LogP contribution in [0.4, 0.5) is 5.69 Å². The number of nitrogens with two attached hydrogens (primary N) is 1. The van der Waals surface area contributed by atoms with E-state index in [0.717, 1.165) is 61.6 Å². The smallest absolute Gasteiger partial charge is 0.263 e. The summed E-state index contributed by atoms with van der Waals surface area (Å²) in [7, 11) is -3.86. The average molecular weight is 519 g/mol. The summed E-state index contributed by atoms with van der Waals surface area (Å²) >= 11 is 2.86. The van der Waals surface area contributed by atoms with Gasteiger partial charge in [-0.3, -0.25) is 14.2 Å². The van der Waals surface area contributed by atoms with Gasteiger partial charge in [-0.1, -0.05) is 30.7 Å². The maximum Gasteiger partial charge on any atom is 0.263 e. The van der Waals surface area contributed by atoms with Gasteiger partial charge in [-0.25, -0.2) is 18.5 Å². The van der Waals surface area contributed by atoms with E-state index in [4.69, 9.17) is 10.1 Å². The van der Waals surface area contributed by atoms with Gasteiger partial charge in [0.05, 0.1) is 16.0 Å². The van der Waals surface area contributed by atoms with Gasteiger partial charge in [0.25, 0.3) is 5.56 Å². The number of primary sulfonamides is 1. The highest BCUT2D eigenvalue weighted by Crippen LogP contribution is 2.37. The summed E-state index contributed by atoms with van der Waals surface area (Å²) in [5.74, 6) is -0.260. The van der Waals surface area contributed by atoms with Crippen molar-refractivity contribution in [2.24, 2.45) is 5.14 Å². The number of sulfonamides is 1. The quantitative estimate of drug-likeness (QED) is 0.378. The van der Waals surface area contributed by atoms with E-state index in [1.54, 1.807) is 17.4 Å². The highest BCUT2D eigenvalue weighted by atomic mass is 32.2. The minimum Gasteiger partial charge on any atom is -0.325 e. The van der Waals surface area contributed by atoms with Gasteiger partial charge in [-0.2, -0.15) is 0 Å². The van der Waals surface area contributed by atoms with Crippen LogP contribution in [0, 0.1) is 0 Å². The highest BCUT2D eigenvalue weighted by molar-refractivity contribution is 7.99. The predicted octanol–water partition coefficient (Wildman–Crippen LogP) is 3.83. The molecule has 1 amide bonds. The van der Waals surface area contributed by atoms with Gasteiger partial charge in [-0.05, 0) is 62.3 Å². The van der Waals surface area contributed by atoms with E-state index < -0.39 is 10.0 Å². The summed E-state index contributed by atoms with van der Waals surface area (Å²) in [5, 5.41) is 9.25. The fourth-order valence-corrected chi connectivity index (χ4v) is 7.59. The van der Waals surface area contributed by atoms with Crippen LogP contribution >= 0.6 is 23.1 Å². The lowest BCUT2D eigenvalue weighted by Crippen LogP contribution is -2.27. The highest BCUT2D eigenvalue weighted by Gasteiger charge is 2.27. The molecule has 11 heteroatoms. The van der Waals surface area contributed by atoms with Crippen LogP contribution in [0.2, 0.25) is 0 Å². The summed E-state index contributed by atoms with van der Waals surface area (Å²) in [6.07, 6.45) is 8.24. The molecule has 1 saturated carbocycles. The van der Waals surface area contributed by atoms with Gasteiger partial charge < -0.3 is 5.32 Å². The van der Waals surface area contributed by atoms with Gasteiger partial charge in [0.1, 0.15) is 4.83 Å². The van der Waals surface area contributed by atoms with Crippen molar-refractivity contribution in [3.8, 4) is 0 Å². The largest absolute Gasteiger partial charge is 0.325 e. The number of thioether (sulfide) groups is 1. The first-order valence-electron chi connectivity index (χ1n) is 11.4. The summed E-state index contributed by atoms with van der Waals surface area (Å²) < 4.78 is 25.0. The molecular formula is C23H26N4O4S3. The van der Waals surface area contributed by atoms with Gasteiger partial charge in [-0.15, -0.1) is 11.3 Å². The Hall–Kier alpha value is -2.21. The second-order valence-electron chi connectivity index (χ2n) is 8.81. The molecule has 1 aromatic carbocycles. The number of carbonyl (C=O) groups is 1. The van der Waals surface area contributed by atoms with Gasteiger partial charge in [0, 0.05) is 16.6 Å². The second-order valence-corrected chi connectivity index (χ2v) is 12.4. The van der Waals surface area contributed by atoms with Crippen molar-refractivity contribution in [3.05, 3.63) is 45.1 Å². The van der Waals surface area contributed by atoms with Crippen molar-refractivity contribution in [2.45, 2.75) is 67.5 Å². The van der Waals surface area contributed by atoms with Crippen molar-refractivity contribution in [2.75, 3.05) is 11.1 Å². The van der Waals surface area contributed by atoms with E-state index in [0.29, 0.717) is 10.8 Å². The van der Waals surface area contributed by atoms with Crippen molar-refractivity contribution in [1.29, 1.82) is 0 Å². The van der Waals surface area contributed by atoms with E-state index in [9.17, 15) is 18.0 Å². The van der Waals surface area contributed by atoms with Crippen LogP contribution in [0.3, 0.4) is 0 Å². The number of hydrogen-bond donors (Lipinski definition) is 2. The van der Waals surface area contributed by atoms with Crippen LogP contribution in [0.1, 0.15) is 55.0 Å². The predicted molar refractivity (Wildman–Crippen MR) is 135 cm³/mol. The van der Waals surface area contributed by atoms with E-state index >= 15 is 0 Å². The molecule has 0 bridgehead atoms. The number of hydrogen-bond acceptors (Lipinski definition) is 7. The first kappa shape index (κ1) is 23.5. The first-order chi connectivity index (χ1) is 16.3. The number of aromatic nitrogens is 2. The normalized spacial score (nSPS) is 16.6. The van der Waals surface area contributed by atoms with Crippen LogP contribution in [0.25, 0.3) is 10.2 Å². The summed E-state index contributed by atoms with van der Waals surface area (Å²) in [6.45, 7) is 0. The molecule has 0 radical (unpaired) electrons. The Labute approximate surface area is 206 Å². The second kappa shape index (κ2) is 9.44. The number of benzene rings is 1. The lowest BCUT2D eigenvalue weighted by atomic mass is 9.97. The molecule has 34 heavy (non-hydrogen) atoms. The van der Waals surface area contributed by atoms with Gasteiger partial charge >= 0.3 is 0 Å². The standard InChI is InChI=1S/C23H26N4O4S3/c24-34(30,31)16-9-5-6-14(12-16)25-19(28)13-32-23-26-21-20(17-10-3-4-11-18(17)33-21)22(29)27(23)15-7-1-2-8-15/h5-6,9,12,15H,1-4,7-8,10-11,13H2,(H,25,28)(H2,24,30,31). The zero-order valence-corrected chi connectivity index (χ0v) is 21.0. The van der Waals surface area contributed by atoms with E-state index in [-0.39, 0.29) is 28.2 Å². The van der Waals surface area contributed by atoms with Crippen LogP contribution < -0.4 is 16.0 Å². The lowest BCUT2D eigenvalue weighted by molar-refractivity contribution is -0.113. The Morgan fingerprint density at radius 2 is 1.97 bits per heavy atom. The summed E-state index contributed by atoms with van der Waals surface area (Å²) in [5.41, 5.74) is 1.55. The summed E-state index contributed by atoms with van der Waals surface area (Å²) in [4.78, 5) is 33.2. The maximum absolute atomic E-state index is 13.7. The third kappa shape index (κ3) is 4.66. The van der Waals surface area contributed by atoms with E-state index in [1.165, 1.54) is 40.4 Å². The van der Waals surface area contributed by atoms with Crippen LogP contribution in [-0.4, -0.2) is 29.6 Å². The number of nitrogens with zero attached hydrogens (tertiary/aromatic N) is 2. The molecule has 2 heterocycles. The number of amides is 1. The zero-order chi connectivity index (χ0) is 23.9. The molecule has 180 valence electrons. The van der Waals surface area contributed by atoms with Crippen molar-refractivity contribution >= 4 is 54.9 Å². The molecule has 2 aromatic heterocycles. The fourth-order valence-electron chi connectivity index (χ4n) is 4.86. The Balaban J connectivity index is 1.42. The van der Waals surface area contributed by atoms with Gasteiger partial charge in [0.2, 0.25) is 15.9 Å². The zero-order valence-electron chi connectivity index (χ0n) is 18.6. The number of aryl methyl sites for hydroxylation is 2. The molecular weight excluding hydrogens is 492 g/mol. The van der Waals surface area contributed by atoms with Crippen molar-refractivity contribution in [3.63, 3.8) is 0 Å². The number of rotatable bonds is 6. The van der Waals surface area contributed by atoms with E-state index in [1.807, 2.05) is 4.57 Å². The molecule has 3 aromatic rings. The minimum atomic E-state index is -3.86. The molecule has 2 aliphatic carbocycles. The number of thiophene rings is 1. The minimum absolute atomic E-state index is 0.0278. The molecule has 1 fully saturated rings. The van der Waals surface area contributed by atoms with Crippen molar-refractivity contribution < 1.29 is 13.2 Å². The number of carbonyl (C=O) groups excluding carboxylic acids is 1. The Morgan fingerprint density at radius 3 is 2.74 bits per heavy atom. The summed E-state index contributed by atoms with van der Waals surface area (Å²) in [6, 6.07) is 5.94. The average Bonchev–Trinajstić information content (AvgIpc) is 3.45. The Bertz CT molecular complexity index is 1420. The molecule has 0 aliphatic heterocycles. The molecule has 0 spiro atoms. The first-order valence-corrected chi connectivity index (χ1v) is 14.8. The third-order valence-electron chi connectivity index (χ3n) is 6.46. The third-order valence-corrected chi connectivity index (χ3v) is 9.51. The molecule has 0 saturated heterocycles. The molecule has 5 rings (SSSR count). The van der Waals surface area contributed by atoms with E-state index in [2.05, 4.69) is 5.32 Å². The molecule has 0 unspecified atom stereocenters. The molecule has 3 N–H and O–H groups in total. The number of anilines is 1. The van der Waals surface area contributed by atoms with Crippen LogP contribution in [-0.2, 0) is 27.7 Å². The molecule has 8 nitrogen and oxygen atoms in total. The maximum atomic E-state index is 13.7. The molecule has 2 aliphatic rings. The topological polar surface area (TPSA) is 124 Å². The Morgan fingerprint density at radius 1 is 1.21 bits per heavy atom. The lowest BCUT2D eigenvalue weighted by Gasteiger charge is -2.18. The van der Waals surface area contributed by atoms with Gasteiger partial charge in [0.15, 0.2) is 5.16 Å². The molecule has 0 atom stereocenters. The van der Waals surface area contributed by atoms with Crippen LogP contribution in [0.15, 0.2) is 39.1 Å². The monoisotopic (exact) mass is 518 g/mol. The fraction of sp³-hybridized carbons (Fsp3) is 0.435.